The molecular formula is C11H19NO5. The van der Waals surface area contributed by atoms with Crippen LogP contribution in [0.5, 0.6) is 0 Å². The number of amides is 1. The lowest BCUT2D eigenvalue weighted by Gasteiger charge is -2.27. The van der Waals surface area contributed by atoms with Gasteiger partial charge in [-0.3, -0.25) is 14.4 Å². The van der Waals surface area contributed by atoms with E-state index in [9.17, 15) is 9.59 Å². The van der Waals surface area contributed by atoms with Crippen LogP contribution in [0.2, 0.25) is 0 Å². The number of hydroxylamine groups is 1. The first-order valence-corrected chi connectivity index (χ1v) is 5.80. The van der Waals surface area contributed by atoms with Gasteiger partial charge in [-0.25, -0.2) is 5.48 Å². The molecule has 2 unspecified atom stereocenters. The molecule has 2 N–H and O–H groups in total. The van der Waals surface area contributed by atoms with Crippen molar-refractivity contribution in [2.75, 3.05) is 20.3 Å². The van der Waals surface area contributed by atoms with Crippen LogP contribution in [0, 0.1) is 11.8 Å². The third-order valence-corrected chi connectivity index (χ3v) is 2.98. The van der Waals surface area contributed by atoms with Crippen LogP contribution in [-0.4, -0.2) is 37.3 Å². The number of carbonyl (C=O) groups excluding carboxylic acids is 1. The average molecular weight is 245 g/mol. The lowest BCUT2D eigenvalue weighted by Crippen LogP contribution is -2.40. The van der Waals surface area contributed by atoms with Crippen LogP contribution in [-0.2, 0) is 19.2 Å². The maximum absolute atomic E-state index is 11.7. The molecule has 1 rings (SSSR count). The van der Waals surface area contributed by atoms with E-state index >= 15 is 0 Å². The highest BCUT2D eigenvalue weighted by molar-refractivity contribution is 5.84. The van der Waals surface area contributed by atoms with Gasteiger partial charge in [-0.2, -0.15) is 0 Å². The number of methoxy groups -OCH3 is 1. The van der Waals surface area contributed by atoms with Gasteiger partial charge in [-0.15, -0.1) is 0 Å². The first-order chi connectivity index (χ1) is 8.16. The van der Waals surface area contributed by atoms with Crippen LogP contribution >= 0.6 is 0 Å². The summed E-state index contributed by atoms with van der Waals surface area (Å²) in [6.07, 6.45) is 2.92. The summed E-state index contributed by atoms with van der Waals surface area (Å²) in [5.74, 6) is -2.31. The zero-order valence-electron chi connectivity index (χ0n) is 9.98. The molecule has 6 heteroatoms. The number of carboxylic acids is 1. The number of aliphatic carboxylic acids is 1. The van der Waals surface area contributed by atoms with E-state index in [1.165, 1.54) is 7.11 Å². The largest absolute Gasteiger partial charge is 0.481 e. The Bertz CT molecular complexity index is 269. The Morgan fingerprint density at radius 3 is 2.47 bits per heavy atom. The van der Waals surface area contributed by atoms with E-state index < -0.39 is 17.8 Å². The van der Waals surface area contributed by atoms with Crippen LogP contribution in [0.15, 0.2) is 0 Å². The number of ether oxygens (including phenoxy) is 1. The van der Waals surface area contributed by atoms with Crippen molar-refractivity contribution >= 4 is 11.9 Å². The quantitative estimate of drug-likeness (QED) is 0.528. The summed E-state index contributed by atoms with van der Waals surface area (Å²) < 4.78 is 4.76. The van der Waals surface area contributed by atoms with Crippen molar-refractivity contribution in [3.05, 3.63) is 0 Å². The van der Waals surface area contributed by atoms with Gasteiger partial charge in [0, 0.05) is 7.11 Å². The smallest absolute Gasteiger partial charge is 0.307 e. The standard InChI is InChI=1S/C11H19NO5/c1-16-6-7-17-12-10(13)8-4-2-3-5-9(8)11(14)15/h8-9H,2-7H2,1H3,(H,12,13)(H,14,15). The van der Waals surface area contributed by atoms with E-state index in [1.54, 1.807) is 0 Å². The van der Waals surface area contributed by atoms with Gasteiger partial charge in [0.1, 0.15) is 0 Å². The minimum Gasteiger partial charge on any atom is -0.481 e. The zero-order chi connectivity index (χ0) is 12.7. The predicted octanol–water partition coefficient (Wildman–Crippen LogP) is 0.572. The van der Waals surface area contributed by atoms with Crippen LogP contribution in [0.3, 0.4) is 0 Å². The molecule has 0 aromatic rings. The van der Waals surface area contributed by atoms with Gasteiger partial charge in [-0.1, -0.05) is 12.8 Å². The van der Waals surface area contributed by atoms with E-state index in [1.807, 2.05) is 0 Å². The molecular weight excluding hydrogens is 226 g/mol. The lowest BCUT2D eigenvalue weighted by atomic mass is 9.79. The van der Waals surface area contributed by atoms with E-state index in [0.29, 0.717) is 19.4 Å². The van der Waals surface area contributed by atoms with E-state index in [-0.39, 0.29) is 12.5 Å². The van der Waals surface area contributed by atoms with Gasteiger partial charge in [-0.05, 0) is 12.8 Å². The normalized spacial score (nSPS) is 24.3. The number of carboxylic acid groups (broad SMARTS) is 1. The minimum absolute atomic E-state index is 0.257. The number of hydrogen-bond donors (Lipinski definition) is 2. The SMILES string of the molecule is COCCONC(=O)C1CCCCC1C(=O)O. The minimum atomic E-state index is -0.901. The van der Waals surface area contributed by atoms with Crippen molar-refractivity contribution in [3.8, 4) is 0 Å². The molecule has 0 aromatic carbocycles. The molecule has 1 fully saturated rings. The molecule has 1 aliphatic carbocycles. The number of nitrogens with one attached hydrogen (secondary N) is 1. The second-order valence-electron chi connectivity index (χ2n) is 4.14. The number of hydrogen-bond acceptors (Lipinski definition) is 4. The highest BCUT2D eigenvalue weighted by Gasteiger charge is 2.35. The average Bonchev–Trinajstić information content (AvgIpc) is 2.34. The van der Waals surface area contributed by atoms with Crippen molar-refractivity contribution in [1.82, 2.24) is 5.48 Å². The molecule has 17 heavy (non-hydrogen) atoms. The number of rotatable bonds is 6. The van der Waals surface area contributed by atoms with Gasteiger partial charge < -0.3 is 9.84 Å². The first kappa shape index (κ1) is 13.9. The van der Waals surface area contributed by atoms with Gasteiger partial charge >= 0.3 is 5.97 Å². The van der Waals surface area contributed by atoms with Crippen LogP contribution < -0.4 is 5.48 Å². The van der Waals surface area contributed by atoms with Crippen molar-refractivity contribution in [3.63, 3.8) is 0 Å². The molecule has 2 atom stereocenters. The maximum Gasteiger partial charge on any atom is 0.307 e. The molecule has 0 radical (unpaired) electrons. The molecule has 6 nitrogen and oxygen atoms in total. The Morgan fingerprint density at radius 2 is 1.88 bits per heavy atom. The molecule has 0 bridgehead atoms. The predicted molar refractivity (Wildman–Crippen MR) is 59.1 cm³/mol. The molecule has 1 amide bonds. The van der Waals surface area contributed by atoms with Gasteiger partial charge in [0.15, 0.2) is 0 Å². The molecule has 98 valence electrons. The third-order valence-electron chi connectivity index (χ3n) is 2.98. The molecule has 1 saturated carbocycles. The topological polar surface area (TPSA) is 84.9 Å². The summed E-state index contributed by atoms with van der Waals surface area (Å²) in [5.41, 5.74) is 2.29. The van der Waals surface area contributed by atoms with Crippen LogP contribution in [0.1, 0.15) is 25.7 Å². The molecule has 0 aromatic heterocycles. The fourth-order valence-corrected chi connectivity index (χ4v) is 2.06. The van der Waals surface area contributed by atoms with Crippen molar-refractivity contribution in [2.45, 2.75) is 25.7 Å². The highest BCUT2D eigenvalue weighted by atomic mass is 16.7. The van der Waals surface area contributed by atoms with Gasteiger partial charge in [0.2, 0.25) is 5.91 Å². The maximum atomic E-state index is 11.7. The highest BCUT2D eigenvalue weighted by Crippen LogP contribution is 2.30. The fourth-order valence-electron chi connectivity index (χ4n) is 2.06. The summed E-state index contributed by atoms with van der Waals surface area (Å²) >= 11 is 0. The number of carbonyl (C=O) groups is 2. The summed E-state index contributed by atoms with van der Waals surface area (Å²) in [6.45, 7) is 0.639. The van der Waals surface area contributed by atoms with Gasteiger partial charge in [0.25, 0.3) is 0 Å². The Labute approximate surface area is 100 Å². The molecule has 0 spiro atoms. The van der Waals surface area contributed by atoms with Crippen molar-refractivity contribution in [1.29, 1.82) is 0 Å². The van der Waals surface area contributed by atoms with Crippen molar-refractivity contribution in [2.24, 2.45) is 11.8 Å². The Morgan fingerprint density at radius 1 is 1.24 bits per heavy atom. The fraction of sp³-hybridized carbons (Fsp3) is 0.818. The monoisotopic (exact) mass is 245 g/mol. The molecule has 0 heterocycles. The Kier molecular flexibility index (Phi) is 5.93. The van der Waals surface area contributed by atoms with Gasteiger partial charge in [0.05, 0.1) is 25.0 Å². The molecule has 0 aliphatic heterocycles. The van der Waals surface area contributed by atoms with Crippen LogP contribution in [0.25, 0.3) is 0 Å². The summed E-state index contributed by atoms with van der Waals surface area (Å²) in [7, 11) is 1.53. The third kappa shape index (κ3) is 4.32. The Hall–Kier alpha value is -1.14. The van der Waals surface area contributed by atoms with E-state index in [2.05, 4.69) is 5.48 Å². The lowest BCUT2D eigenvalue weighted by molar-refractivity contribution is -0.153. The molecule has 1 aliphatic rings. The zero-order valence-corrected chi connectivity index (χ0v) is 9.98. The molecule has 0 saturated heterocycles. The first-order valence-electron chi connectivity index (χ1n) is 5.80. The summed E-state index contributed by atoms with van der Waals surface area (Å²) in [6, 6.07) is 0. The summed E-state index contributed by atoms with van der Waals surface area (Å²) in [4.78, 5) is 27.6. The van der Waals surface area contributed by atoms with E-state index in [4.69, 9.17) is 14.7 Å². The second-order valence-corrected chi connectivity index (χ2v) is 4.14. The second kappa shape index (κ2) is 7.24. The van der Waals surface area contributed by atoms with Crippen LogP contribution in [0.4, 0.5) is 0 Å². The Balaban J connectivity index is 2.39. The summed E-state index contributed by atoms with van der Waals surface area (Å²) in [5, 5.41) is 9.03. The van der Waals surface area contributed by atoms with Crippen molar-refractivity contribution < 1.29 is 24.3 Å². The van der Waals surface area contributed by atoms with E-state index in [0.717, 1.165) is 12.8 Å².